The number of hydrogen-bond acceptors (Lipinski definition) is 6. The molecule has 0 saturated heterocycles. The molecule has 0 aromatic rings. The quantitative estimate of drug-likeness (QED) is 0.234. The Balaban J connectivity index is 4.60. The smallest absolute Gasteiger partial charge is 0.362 e. The van der Waals surface area contributed by atoms with E-state index in [4.69, 9.17) is 21.7 Å². The molecule has 23 heavy (non-hydrogen) atoms. The molecule has 0 aromatic carbocycles. The van der Waals surface area contributed by atoms with Crippen molar-refractivity contribution in [3.63, 3.8) is 0 Å². The Hall–Kier alpha value is -3.56. The average molecular weight is 310 g/mol. The van der Waals surface area contributed by atoms with E-state index < -0.39 is 17.9 Å². The van der Waals surface area contributed by atoms with Crippen LogP contribution >= 0.6 is 0 Å². The Morgan fingerprint density at radius 1 is 1.17 bits per heavy atom. The van der Waals surface area contributed by atoms with Crippen LogP contribution in [0.3, 0.4) is 0 Å². The fourth-order valence-electron chi connectivity index (χ4n) is 1.19. The van der Waals surface area contributed by atoms with Gasteiger partial charge in [-0.2, -0.15) is 10.5 Å². The topological polar surface area (TPSA) is 100 Å². The van der Waals surface area contributed by atoms with Crippen LogP contribution < -0.4 is 0 Å². The monoisotopic (exact) mass is 310 g/mol. The van der Waals surface area contributed by atoms with Gasteiger partial charge in [-0.15, -0.1) is 0 Å². The molecule has 0 spiro atoms. The molecular formula is C17H14N2O4. The van der Waals surface area contributed by atoms with Gasteiger partial charge in [-0.05, 0) is 13.0 Å². The van der Waals surface area contributed by atoms with Gasteiger partial charge in [-0.3, -0.25) is 4.79 Å². The molecule has 0 radical (unpaired) electrons. The standard InChI is InChI=1S/C17H14N2O4/c1-3-22-16(20)14(12-18)10-8-6-5-7-9-11-15(13-19)17(21)23-4-2/h1,5-11,15H,4H2,2H3/b7-5+,8-6?,11-9?,14-10?. The molecule has 0 amide bonds. The van der Waals surface area contributed by atoms with Crippen LogP contribution in [0.2, 0.25) is 0 Å². The van der Waals surface area contributed by atoms with E-state index in [2.05, 4.69) is 4.74 Å². The summed E-state index contributed by atoms with van der Waals surface area (Å²) in [6.45, 7) is 1.86. The Kier molecular flexibility index (Phi) is 10.3. The number of carbonyl (C=O) groups is 2. The first-order valence-electron chi connectivity index (χ1n) is 6.45. The largest absolute Gasteiger partial charge is 0.465 e. The predicted molar refractivity (Wildman–Crippen MR) is 81.8 cm³/mol. The summed E-state index contributed by atoms with van der Waals surface area (Å²) in [5, 5.41) is 17.5. The third kappa shape index (κ3) is 8.34. The minimum absolute atomic E-state index is 0.207. The second-order valence-electron chi connectivity index (χ2n) is 3.71. The zero-order valence-corrected chi connectivity index (χ0v) is 12.4. The van der Waals surface area contributed by atoms with E-state index in [1.807, 2.05) is 6.07 Å². The van der Waals surface area contributed by atoms with Gasteiger partial charge in [0.05, 0.1) is 12.7 Å². The van der Waals surface area contributed by atoms with Crippen molar-refractivity contribution in [2.24, 2.45) is 5.92 Å². The number of nitrogens with zero attached hydrogens (tertiary/aromatic N) is 2. The number of ether oxygens (including phenoxy) is 2. The van der Waals surface area contributed by atoms with E-state index in [0.29, 0.717) is 0 Å². The Morgan fingerprint density at radius 2 is 1.83 bits per heavy atom. The number of terminal acetylenes is 1. The van der Waals surface area contributed by atoms with Crippen molar-refractivity contribution in [3.8, 4) is 24.7 Å². The van der Waals surface area contributed by atoms with Gasteiger partial charge >= 0.3 is 11.9 Å². The van der Waals surface area contributed by atoms with Crippen molar-refractivity contribution in [1.29, 1.82) is 10.5 Å². The summed E-state index contributed by atoms with van der Waals surface area (Å²) in [7, 11) is 0. The number of rotatable bonds is 7. The maximum atomic E-state index is 11.3. The fraction of sp³-hybridized carbons (Fsp3) is 0.176. The number of allylic oxidation sites excluding steroid dienone is 6. The number of nitriles is 2. The van der Waals surface area contributed by atoms with Crippen molar-refractivity contribution in [3.05, 3.63) is 48.1 Å². The highest BCUT2D eigenvalue weighted by Crippen LogP contribution is 2.01. The normalized spacial score (nSPS) is 12.5. The van der Waals surface area contributed by atoms with Crippen LogP contribution in [0, 0.1) is 41.1 Å². The van der Waals surface area contributed by atoms with Crippen LogP contribution in [-0.4, -0.2) is 18.5 Å². The molecule has 1 atom stereocenters. The second kappa shape index (κ2) is 12.2. The van der Waals surface area contributed by atoms with Crippen molar-refractivity contribution in [2.45, 2.75) is 6.92 Å². The SMILES string of the molecule is C#COC(=O)C(C#N)=CC=C/C=C/C=CC(C#N)C(=O)OCC. The molecule has 6 nitrogen and oxygen atoms in total. The van der Waals surface area contributed by atoms with Gasteiger partial charge in [-0.1, -0.05) is 42.9 Å². The molecular weight excluding hydrogens is 296 g/mol. The van der Waals surface area contributed by atoms with Gasteiger partial charge in [0.2, 0.25) is 0 Å². The molecule has 0 aliphatic heterocycles. The third-order valence-corrected chi connectivity index (χ3v) is 2.18. The van der Waals surface area contributed by atoms with Gasteiger partial charge in [0.15, 0.2) is 5.92 Å². The van der Waals surface area contributed by atoms with Crippen LogP contribution in [0.1, 0.15) is 6.92 Å². The lowest BCUT2D eigenvalue weighted by Crippen LogP contribution is -2.13. The van der Waals surface area contributed by atoms with E-state index in [9.17, 15) is 9.59 Å². The van der Waals surface area contributed by atoms with E-state index in [1.165, 1.54) is 30.4 Å². The molecule has 0 rings (SSSR count). The second-order valence-corrected chi connectivity index (χ2v) is 3.71. The molecule has 1 unspecified atom stereocenters. The highest BCUT2D eigenvalue weighted by molar-refractivity contribution is 5.93. The van der Waals surface area contributed by atoms with Crippen LogP contribution in [0.5, 0.6) is 0 Å². The molecule has 6 heteroatoms. The summed E-state index contributed by atoms with van der Waals surface area (Å²) >= 11 is 0. The minimum atomic E-state index is -0.966. The van der Waals surface area contributed by atoms with Gasteiger partial charge in [0.1, 0.15) is 17.7 Å². The first kappa shape index (κ1) is 19.4. The van der Waals surface area contributed by atoms with Gasteiger partial charge in [-0.25, -0.2) is 4.79 Å². The lowest BCUT2D eigenvalue weighted by molar-refractivity contribution is -0.144. The molecule has 0 saturated carbocycles. The molecule has 0 aliphatic rings. The number of esters is 2. The summed E-state index contributed by atoms with van der Waals surface area (Å²) in [5.41, 5.74) is -0.241. The van der Waals surface area contributed by atoms with Crippen LogP contribution in [0.4, 0.5) is 0 Å². The summed E-state index contributed by atoms with van der Waals surface area (Å²) in [5.74, 6) is -2.48. The molecule has 0 N–H and O–H groups in total. The number of hydrogen-bond donors (Lipinski definition) is 0. The zero-order chi connectivity index (χ0) is 17.5. The molecule has 116 valence electrons. The predicted octanol–water partition coefficient (Wildman–Crippen LogP) is 1.94. The summed E-state index contributed by atoms with van der Waals surface area (Å²) in [6, 6.07) is 3.46. The lowest BCUT2D eigenvalue weighted by Gasteiger charge is -2.01. The van der Waals surface area contributed by atoms with Crippen molar-refractivity contribution >= 4 is 11.9 Å². The maximum Gasteiger partial charge on any atom is 0.362 e. The maximum absolute atomic E-state index is 11.3. The van der Waals surface area contributed by atoms with E-state index >= 15 is 0 Å². The van der Waals surface area contributed by atoms with Gasteiger partial charge in [0, 0.05) is 0 Å². The molecule has 0 fully saturated rings. The van der Waals surface area contributed by atoms with Crippen LogP contribution in [0.15, 0.2) is 48.1 Å². The number of carbonyl (C=O) groups excluding carboxylic acids is 2. The van der Waals surface area contributed by atoms with Gasteiger partial charge in [0.25, 0.3) is 0 Å². The molecule has 0 aromatic heterocycles. The summed E-state index contributed by atoms with van der Waals surface area (Å²) < 4.78 is 8.96. The first-order chi connectivity index (χ1) is 11.1. The van der Waals surface area contributed by atoms with Crippen LogP contribution in [0.25, 0.3) is 0 Å². The third-order valence-electron chi connectivity index (χ3n) is 2.18. The molecule has 0 aliphatic carbocycles. The molecule has 0 bridgehead atoms. The highest BCUT2D eigenvalue weighted by atomic mass is 16.5. The Morgan fingerprint density at radius 3 is 2.39 bits per heavy atom. The van der Waals surface area contributed by atoms with E-state index in [0.717, 1.165) is 0 Å². The average Bonchev–Trinajstić information content (AvgIpc) is 2.54. The Labute approximate surface area is 134 Å². The minimum Gasteiger partial charge on any atom is -0.465 e. The van der Waals surface area contributed by atoms with Crippen molar-refractivity contribution in [1.82, 2.24) is 0 Å². The van der Waals surface area contributed by atoms with Crippen LogP contribution in [-0.2, 0) is 19.1 Å². The summed E-state index contributed by atoms with van der Waals surface area (Å²) in [6.07, 6.45) is 16.7. The lowest BCUT2D eigenvalue weighted by atomic mass is 10.1. The van der Waals surface area contributed by atoms with E-state index in [1.54, 1.807) is 31.3 Å². The van der Waals surface area contributed by atoms with E-state index in [-0.39, 0.29) is 12.2 Å². The zero-order valence-electron chi connectivity index (χ0n) is 12.4. The fourth-order valence-corrected chi connectivity index (χ4v) is 1.19. The molecule has 0 heterocycles. The Bertz CT molecular complexity index is 664. The first-order valence-corrected chi connectivity index (χ1v) is 6.45. The van der Waals surface area contributed by atoms with Gasteiger partial charge < -0.3 is 9.47 Å². The summed E-state index contributed by atoms with van der Waals surface area (Å²) in [4.78, 5) is 22.5. The van der Waals surface area contributed by atoms with Crippen molar-refractivity contribution < 1.29 is 19.1 Å². The van der Waals surface area contributed by atoms with Crippen molar-refractivity contribution in [2.75, 3.05) is 6.61 Å². The highest BCUT2D eigenvalue weighted by Gasteiger charge is 2.14.